The van der Waals surface area contributed by atoms with Gasteiger partial charge in [-0.25, -0.2) is 14.6 Å². The number of aromatic carboxylic acids is 1. The summed E-state index contributed by atoms with van der Waals surface area (Å²) < 4.78 is 1.54. The van der Waals surface area contributed by atoms with Crippen molar-refractivity contribution < 1.29 is 29.7 Å². The van der Waals surface area contributed by atoms with Gasteiger partial charge in [-0.1, -0.05) is 48.5 Å². The van der Waals surface area contributed by atoms with E-state index in [1.165, 1.54) is 19.9 Å². The third kappa shape index (κ3) is 5.00. The van der Waals surface area contributed by atoms with Crippen molar-refractivity contribution in [1.29, 1.82) is 0 Å². The van der Waals surface area contributed by atoms with Crippen molar-refractivity contribution >= 4 is 17.7 Å². The first-order valence-corrected chi connectivity index (χ1v) is 10.2. The summed E-state index contributed by atoms with van der Waals surface area (Å²) >= 11 is 0. The minimum Gasteiger partial charge on any atom is -0.477 e. The standard InChI is InChI=1S/C24H25N3O6/c1-24(2,33)21-19(22(29)30)27(18(26-21)12-25-3)13-14-8-10-15(11-9-14)16-6-4-5-7-17(16)20(28)23(31)32/h4-11,25,33H,12-13H2,1-3H3,(H,29,30)(H,31,32). The van der Waals surface area contributed by atoms with Crippen molar-refractivity contribution in [3.05, 3.63) is 76.9 Å². The number of aromatic nitrogens is 2. The highest BCUT2D eigenvalue weighted by atomic mass is 16.4. The summed E-state index contributed by atoms with van der Waals surface area (Å²) in [4.78, 5) is 39.6. The number of hydrogen-bond donors (Lipinski definition) is 4. The maximum absolute atomic E-state index is 12.0. The van der Waals surface area contributed by atoms with Crippen LogP contribution in [0.1, 0.15) is 51.8 Å². The van der Waals surface area contributed by atoms with Crippen LogP contribution in [0.25, 0.3) is 11.1 Å². The van der Waals surface area contributed by atoms with E-state index in [0.717, 1.165) is 5.56 Å². The first-order valence-electron chi connectivity index (χ1n) is 10.2. The first kappa shape index (κ1) is 23.8. The Hall–Kier alpha value is -3.82. The smallest absolute Gasteiger partial charge is 0.377 e. The number of carboxylic acids is 2. The molecule has 4 N–H and O–H groups in total. The highest BCUT2D eigenvalue weighted by Gasteiger charge is 2.31. The molecule has 9 nitrogen and oxygen atoms in total. The molecule has 172 valence electrons. The van der Waals surface area contributed by atoms with E-state index < -0.39 is 23.3 Å². The molecule has 1 aromatic heterocycles. The van der Waals surface area contributed by atoms with Crippen molar-refractivity contribution in [3.8, 4) is 11.1 Å². The summed E-state index contributed by atoms with van der Waals surface area (Å²) in [7, 11) is 1.72. The van der Waals surface area contributed by atoms with Crippen molar-refractivity contribution in [2.24, 2.45) is 0 Å². The van der Waals surface area contributed by atoms with E-state index in [9.17, 15) is 24.6 Å². The van der Waals surface area contributed by atoms with E-state index >= 15 is 0 Å². The van der Waals surface area contributed by atoms with Crippen LogP contribution in [-0.2, 0) is 23.5 Å². The number of aliphatic carboxylic acids is 1. The second kappa shape index (κ2) is 9.35. The van der Waals surface area contributed by atoms with Crippen LogP contribution in [0.2, 0.25) is 0 Å². The van der Waals surface area contributed by atoms with Crippen molar-refractivity contribution in [2.75, 3.05) is 7.05 Å². The Morgan fingerprint density at radius 2 is 1.67 bits per heavy atom. The lowest BCUT2D eigenvalue weighted by Gasteiger charge is -2.16. The van der Waals surface area contributed by atoms with Gasteiger partial charge in [-0.2, -0.15) is 0 Å². The number of aliphatic hydroxyl groups is 1. The second-order valence-electron chi connectivity index (χ2n) is 8.08. The zero-order valence-electron chi connectivity index (χ0n) is 18.5. The predicted octanol–water partition coefficient (Wildman–Crippen LogP) is 2.51. The molecule has 0 amide bonds. The minimum atomic E-state index is -1.53. The number of ketones is 1. The Morgan fingerprint density at radius 3 is 2.21 bits per heavy atom. The fourth-order valence-electron chi connectivity index (χ4n) is 3.63. The van der Waals surface area contributed by atoms with Gasteiger partial charge in [0.05, 0.1) is 6.54 Å². The molecule has 3 rings (SSSR count). The Morgan fingerprint density at radius 1 is 1.03 bits per heavy atom. The zero-order valence-corrected chi connectivity index (χ0v) is 18.5. The van der Waals surface area contributed by atoms with Gasteiger partial charge in [0.25, 0.3) is 5.78 Å². The number of Topliss-reactive ketones (excluding diaryl/α,β-unsaturated/α-hetero) is 1. The molecule has 0 aliphatic heterocycles. The molecule has 0 radical (unpaired) electrons. The van der Waals surface area contributed by atoms with Gasteiger partial charge >= 0.3 is 11.9 Å². The van der Waals surface area contributed by atoms with Gasteiger partial charge in [0, 0.05) is 12.1 Å². The van der Waals surface area contributed by atoms with Crippen LogP contribution in [-0.4, -0.2) is 49.6 Å². The van der Waals surface area contributed by atoms with Crippen LogP contribution < -0.4 is 5.32 Å². The molecule has 0 atom stereocenters. The van der Waals surface area contributed by atoms with E-state index in [2.05, 4.69) is 10.3 Å². The fraction of sp³-hybridized carbons (Fsp3) is 0.250. The number of nitrogens with zero attached hydrogens (tertiary/aromatic N) is 2. The highest BCUT2D eigenvalue weighted by molar-refractivity contribution is 6.41. The van der Waals surface area contributed by atoms with Gasteiger partial charge < -0.3 is 25.2 Å². The third-order valence-corrected chi connectivity index (χ3v) is 5.14. The Balaban J connectivity index is 2.01. The van der Waals surface area contributed by atoms with Crippen LogP contribution in [0, 0.1) is 0 Å². The molecule has 33 heavy (non-hydrogen) atoms. The lowest BCUT2D eigenvalue weighted by molar-refractivity contribution is -0.131. The van der Waals surface area contributed by atoms with E-state index in [1.807, 2.05) is 0 Å². The molecule has 2 aromatic carbocycles. The number of nitrogens with one attached hydrogen (secondary N) is 1. The molecule has 3 aromatic rings. The van der Waals surface area contributed by atoms with Gasteiger partial charge in [0.2, 0.25) is 0 Å². The summed E-state index contributed by atoms with van der Waals surface area (Å²) in [5.74, 6) is -3.25. The van der Waals surface area contributed by atoms with Gasteiger partial charge in [-0.05, 0) is 37.6 Å². The molecular formula is C24H25N3O6. The van der Waals surface area contributed by atoms with Crippen LogP contribution in [0.15, 0.2) is 48.5 Å². The number of carbonyl (C=O) groups excluding carboxylic acids is 1. The molecule has 0 saturated carbocycles. The first-order chi connectivity index (χ1) is 15.5. The Labute approximate surface area is 190 Å². The van der Waals surface area contributed by atoms with Crippen LogP contribution in [0.5, 0.6) is 0 Å². The number of carboxylic acid groups (broad SMARTS) is 2. The molecule has 0 fully saturated rings. The summed E-state index contributed by atoms with van der Waals surface area (Å²) in [6, 6.07) is 13.5. The maximum atomic E-state index is 12.0. The van der Waals surface area contributed by atoms with Crippen molar-refractivity contribution in [2.45, 2.75) is 32.5 Å². The van der Waals surface area contributed by atoms with Gasteiger partial charge in [-0.3, -0.25) is 4.79 Å². The molecule has 0 bridgehead atoms. The molecule has 0 aliphatic carbocycles. The number of carbonyl (C=O) groups is 3. The average Bonchev–Trinajstić information content (AvgIpc) is 3.13. The molecule has 9 heteroatoms. The molecule has 0 aliphatic rings. The number of benzene rings is 2. The number of imidazole rings is 1. The quantitative estimate of drug-likeness (QED) is 0.287. The van der Waals surface area contributed by atoms with Crippen molar-refractivity contribution in [1.82, 2.24) is 14.9 Å². The number of hydrogen-bond acceptors (Lipinski definition) is 6. The Kier molecular flexibility index (Phi) is 6.75. The average molecular weight is 451 g/mol. The number of rotatable bonds is 9. The van der Waals surface area contributed by atoms with Gasteiger partial charge in [-0.15, -0.1) is 0 Å². The highest BCUT2D eigenvalue weighted by Crippen LogP contribution is 2.27. The lowest BCUT2D eigenvalue weighted by atomic mass is 9.96. The second-order valence-corrected chi connectivity index (χ2v) is 8.08. The largest absolute Gasteiger partial charge is 0.477 e. The van der Waals surface area contributed by atoms with Crippen LogP contribution >= 0.6 is 0 Å². The normalized spacial score (nSPS) is 11.4. The van der Waals surface area contributed by atoms with E-state index in [1.54, 1.807) is 54.1 Å². The Bertz CT molecular complexity index is 1210. The maximum Gasteiger partial charge on any atom is 0.377 e. The van der Waals surface area contributed by atoms with Crippen LogP contribution in [0.3, 0.4) is 0 Å². The lowest BCUT2D eigenvalue weighted by Crippen LogP contribution is -2.22. The van der Waals surface area contributed by atoms with Crippen molar-refractivity contribution in [3.63, 3.8) is 0 Å². The van der Waals surface area contributed by atoms with E-state index in [-0.39, 0.29) is 23.5 Å². The molecule has 1 heterocycles. The SMILES string of the molecule is CNCc1nc(C(C)(C)O)c(C(=O)O)n1Cc1ccc(-c2ccccc2C(=O)C(=O)O)cc1. The van der Waals surface area contributed by atoms with E-state index in [0.29, 0.717) is 23.5 Å². The molecule has 0 saturated heterocycles. The monoisotopic (exact) mass is 451 g/mol. The topological polar surface area (TPSA) is 142 Å². The fourth-order valence-corrected chi connectivity index (χ4v) is 3.63. The predicted molar refractivity (Wildman–Crippen MR) is 120 cm³/mol. The third-order valence-electron chi connectivity index (χ3n) is 5.14. The van der Waals surface area contributed by atoms with E-state index in [4.69, 9.17) is 5.11 Å². The zero-order chi connectivity index (χ0) is 24.3. The molecule has 0 unspecified atom stereocenters. The van der Waals surface area contributed by atoms with Crippen LogP contribution in [0.4, 0.5) is 0 Å². The summed E-state index contributed by atoms with van der Waals surface area (Å²) in [6.45, 7) is 3.47. The molecule has 0 spiro atoms. The minimum absolute atomic E-state index is 0.0815. The van der Waals surface area contributed by atoms with Gasteiger partial charge in [0.15, 0.2) is 5.69 Å². The van der Waals surface area contributed by atoms with Gasteiger partial charge in [0.1, 0.15) is 17.1 Å². The molecular weight excluding hydrogens is 426 g/mol. The summed E-state index contributed by atoms with van der Waals surface area (Å²) in [5, 5.41) is 32.3. The summed E-state index contributed by atoms with van der Waals surface area (Å²) in [6.07, 6.45) is 0. The summed E-state index contributed by atoms with van der Waals surface area (Å²) in [5.41, 5.74) is 0.552.